The summed E-state index contributed by atoms with van der Waals surface area (Å²) < 4.78 is 31.8. The van der Waals surface area contributed by atoms with Gasteiger partial charge in [0, 0.05) is 50.0 Å². The quantitative estimate of drug-likeness (QED) is 0.326. The Kier molecular flexibility index (Phi) is 8.94. The van der Waals surface area contributed by atoms with E-state index in [1.807, 2.05) is 35.2 Å². The minimum absolute atomic E-state index is 0.0688. The van der Waals surface area contributed by atoms with Crippen LogP contribution in [0.5, 0.6) is 0 Å². The second kappa shape index (κ2) is 12.7. The number of hydrogen-bond donors (Lipinski definition) is 1. The summed E-state index contributed by atoms with van der Waals surface area (Å²) in [4.78, 5) is 32.1. The fourth-order valence-corrected chi connectivity index (χ4v) is 6.15. The molecule has 0 spiro atoms. The Hall–Kier alpha value is -4.08. The van der Waals surface area contributed by atoms with Gasteiger partial charge in [-0.05, 0) is 62.1 Å². The third-order valence-electron chi connectivity index (χ3n) is 8.55. The molecule has 1 atom stereocenters. The monoisotopic (exact) mass is 587 g/mol. The molecule has 0 radical (unpaired) electrons. The maximum Gasteiger partial charge on any atom is 0.331 e. The minimum Gasteiger partial charge on any atom is -0.363 e. The lowest BCUT2D eigenvalue weighted by Crippen LogP contribution is -2.51. The van der Waals surface area contributed by atoms with Crippen LogP contribution in [0.2, 0.25) is 0 Å². The van der Waals surface area contributed by atoms with Crippen LogP contribution in [0.4, 0.5) is 14.5 Å². The number of anilines is 1. The highest BCUT2D eigenvalue weighted by Gasteiger charge is 2.27. The fourth-order valence-electron chi connectivity index (χ4n) is 6.15. The minimum atomic E-state index is -0.748. The van der Waals surface area contributed by atoms with Gasteiger partial charge in [0.25, 0.3) is 5.56 Å². The molecule has 3 aromatic carbocycles. The van der Waals surface area contributed by atoms with E-state index in [-0.39, 0.29) is 18.7 Å². The van der Waals surface area contributed by atoms with Crippen LogP contribution in [0.15, 0.2) is 70.3 Å². The van der Waals surface area contributed by atoms with Gasteiger partial charge in [-0.15, -0.1) is 0 Å². The molecule has 0 amide bonds. The Balaban J connectivity index is 1.49. The second-order valence-corrected chi connectivity index (χ2v) is 11.6. The molecule has 5 rings (SSSR count). The summed E-state index contributed by atoms with van der Waals surface area (Å²) in [5.41, 5.74) is 11.7. The Morgan fingerprint density at radius 3 is 1.98 bits per heavy atom. The fraction of sp³-hybridized carbons (Fsp3) is 0.353. The predicted octanol–water partition coefficient (Wildman–Crippen LogP) is 4.59. The molecule has 1 aliphatic heterocycles. The van der Waals surface area contributed by atoms with Crippen molar-refractivity contribution in [1.82, 2.24) is 14.0 Å². The summed E-state index contributed by atoms with van der Waals surface area (Å²) in [6.07, 6.45) is 0. The number of hydrogen-bond acceptors (Lipinski definition) is 5. The van der Waals surface area contributed by atoms with Crippen molar-refractivity contribution in [2.75, 3.05) is 31.1 Å². The van der Waals surface area contributed by atoms with Gasteiger partial charge >= 0.3 is 5.69 Å². The highest BCUT2D eigenvalue weighted by molar-refractivity contribution is 5.50. The molecule has 0 saturated carbocycles. The first-order valence-electron chi connectivity index (χ1n) is 14.7. The number of rotatable bonds is 8. The van der Waals surface area contributed by atoms with Crippen molar-refractivity contribution in [2.24, 2.45) is 5.73 Å². The van der Waals surface area contributed by atoms with Gasteiger partial charge in [0.1, 0.15) is 17.3 Å². The van der Waals surface area contributed by atoms with Crippen LogP contribution in [0, 0.1) is 39.3 Å². The van der Waals surface area contributed by atoms with E-state index in [0.717, 1.165) is 41.9 Å². The second-order valence-electron chi connectivity index (χ2n) is 11.6. The summed E-state index contributed by atoms with van der Waals surface area (Å²) in [6.45, 7) is 11.0. The van der Waals surface area contributed by atoms with E-state index >= 15 is 0 Å². The molecule has 0 unspecified atom stereocenters. The Bertz CT molecular complexity index is 1700. The van der Waals surface area contributed by atoms with Crippen LogP contribution in [0.1, 0.15) is 45.1 Å². The van der Waals surface area contributed by atoms with Gasteiger partial charge in [-0.25, -0.2) is 13.6 Å². The summed E-state index contributed by atoms with van der Waals surface area (Å²) >= 11 is 0. The lowest BCUT2D eigenvalue weighted by Gasteiger charge is -2.37. The zero-order chi connectivity index (χ0) is 30.8. The molecule has 1 aromatic heterocycles. The molecule has 1 fully saturated rings. The molecule has 226 valence electrons. The molecule has 9 heteroatoms. The lowest BCUT2D eigenvalue weighted by atomic mass is 9.99. The van der Waals surface area contributed by atoms with Gasteiger partial charge in [-0.3, -0.25) is 18.8 Å². The maximum atomic E-state index is 14.7. The van der Waals surface area contributed by atoms with E-state index in [1.54, 1.807) is 6.92 Å². The third-order valence-corrected chi connectivity index (χ3v) is 8.55. The van der Waals surface area contributed by atoms with Gasteiger partial charge in [0.15, 0.2) is 0 Å². The number of nitrogens with zero attached hydrogens (tertiary/aromatic N) is 4. The normalized spacial score (nSPS) is 14.7. The molecule has 1 saturated heterocycles. The molecular formula is C34H39F2N5O2. The van der Waals surface area contributed by atoms with Crippen LogP contribution in [-0.2, 0) is 19.6 Å². The SMILES string of the molecule is Cc1cc(C)c(CN2CCN(c3c(C)n(Cc4c(F)cccc4F)c(=O)n(C[C@H](N)c4ccccc4)c3=O)CC2)c(C)c1. The van der Waals surface area contributed by atoms with Gasteiger partial charge in [-0.1, -0.05) is 54.1 Å². The zero-order valence-corrected chi connectivity index (χ0v) is 25.2. The van der Waals surface area contributed by atoms with Crippen LogP contribution in [-0.4, -0.2) is 40.2 Å². The van der Waals surface area contributed by atoms with Crippen molar-refractivity contribution in [3.63, 3.8) is 0 Å². The molecule has 2 N–H and O–H groups in total. The smallest absolute Gasteiger partial charge is 0.331 e. The molecule has 0 aliphatic carbocycles. The van der Waals surface area contributed by atoms with E-state index in [0.29, 0.717) is 24.5 Å². The van der Waals surface area contributed by atoms with Crippen molar-refractivity contribution in [2.45, 2.75) is 53.4 Å². The molecule has 43 heavy (non-hydrogen) atoms. The number of nitrogens with two attached hydrogens (primary N) is 1. The topological polar surface area (TPSA) is 76.5 Å². The molecular weight excluding hydrogens is 548 g/mol. The van der Waals surface area contributed by atoms with Gasteiger partial charge < -0.3 is 10.6 Å². The van der Waals surface area contributed by atoms with E-state index in [2.05, 4.69) is 37.8 Å². The summed E-state index contributed by atoms with van der Waals surface area (Å²) in [5, 5.41) is 0. The van der Waals surface area contributed by atoms with Gasteiger partial charge in [0.05, 0.1) is 13.1 Å². The molecule has 4 aromatic rings. The first-order chi connectivity index (χ1) is 20.5. The highest BCUT2D eigenvalue weighted by Crippen LogP contribution is 2.23. The van der Waals surface area contributed by atoms with Crippen molar-refractivity contribution < 1.29 is 8.78 Å². The predicted molar refractivity (Wildman–Crippen MR) is 167 cm³/mol. The Morgan fingerprint density at radius 2 is 1.37 bits per heavy atom. The van der Waals surface area contributed by atoms with Crippen LogP contribution in [0.25, 0.3) is 0 Å². The van der Waals surface area contributed by atoms with Crippen LogP contribution < -0.4 is 21.9 Å². The van der Waals surface area contributed by atoms with E-state index in [9.17, 15) is 18.4 Å². The molecule has 0 bridgehead atoms. The number of aromatic nitrogens is 2. The van der Waals surface area contributed by atoms with Crippen molar-refractivity contribution in [3.8, 4) is 0 Å². The van der Waals surface area contributed by atoms with Crippen molar-refractivity contribution >= 4 is 5.69 Å². The summed E-state index contributed by atoms with van der Waals surface area (Å²) in [7, 11) is 0. The average molecular weight is 588 g/mol. The summed E-state index contributed by atoms with van der Waals surface area (Å²) in [5.74, 6) is -1.50. The standard InChI is InChI=1S/C34H39F2N5O2/c1-22-17-23(2)27(24(3)18-22)19-38-13-15-39(16-14-38)32-25(4)40(20-28-29(35)11-8-12-30(28)36)34(43)41(33(32)42)21-31(37)26-9-6-5-7-10-26/h5-12,17-18,31H,13-16,19-21,37H2,1-4H3/t31-/m0/s1. The van der Waals surface area contributed by atoms with E-state index in [4.69, 9.17) is 5.73 Å². The molecule has 1 aliphatic rings. The molecule has 2 heterocycles. The zero-order valence-electron chi connectivity index (χ0n) is 25.2. The summed E-state index contributed by atoms with van der Waals surface area (Å²) in [6, 6.07) is 16.6. The highest BCUT2D eigenvalue weighted by atomic mass is 19.1. The van der Waals surface area contributed by atoms with Gasteiger partial charge in [-0.2, -0.15) is 0 Å². The average Bonchev–Trinajstić information content (AvgIpc) is 2.97. The van der Waals surface area contributed by atoms with E-state index in [1.165, 1.54) is 32.9 Å². The lowest BCUT2D eigenvalue weighted by molar-refractivity contribution is 0.248. The number of piperazine rings is 1. The third kappa shape index (κ3) is 6.33. The van der Waals surface area contributed by atoms with Crippen LogP contribution >= 0.6 is 0 Å². The van der Waals surface area contributed by atoms with Crippen molar-refractivity contribution in [3.05, 3.63) is 132 Å². The van der Waals surface area contributed by atoms with Gasteiger partial charge in [0.2, 0.25) is 0 Å². The largest absolute Gasteiger partial charge is 0.363 e. The number of benzene rings is 3. The first kappa shape index (κ1) is 30.4. The number of halogens is 2. The van der Waals surface area contributed by atoms with Crippen LogP contribution in [0.3, 0.4) is 0 Å². The Morgan fingerprint density at radius 1 is 0.767 bits per heavy atom. The molecule has 7 nitrogen and oxygen atoms in total. The first-order valence-corrected chi connectivity index (χ1v) is 14.7. The van der Waals surface area contributed by atoms with E-state index < -0.39 is 28.9 Å². The Labute approximate surface area is 250 Å². The maximum absolute atomic E-state index is 14.7. The van der Waals surface area contributed by atoms with Crippen molar-refractivity contribution in [1.29, 1.82) is 0 Å². The number of aryl methyl sites for hydroxylation is 3.